The number of allylic oxidation sites excluding steroid dienone is 2. The standard InChI is InChI=1S/C20H31NO9/c1-26-10-11-27-12-13-28-14-15-29-16-6-4-2-3-5-9-20(16,30-19(24)25)21-17(22)7-8-18(21)23/h2-3,16H,4-15H2,1H3,(H,24,25)/b3-2+. The molecule has 1 fully saturated rings. The molecule has 0 bridgehead atoms. The molecular weight excluding hydrogens is 398 g/mol. The van der Waals surface area contributed by atoms with Crippen molar-refractivity contribution in [2.24, 2.45) is 0 Å². The minimum Gasteiger partial charge on any atom is -0.450 e. The van der Waals surface area contributed by atoms with Crippen LogP contribution in [0.15, 0.2) is 12.2 Å². The fourth-order valence-corrected chi connectivity index (χ4v) is 3.66. The first-order valence-electron chi connectivity index (χ1n) is 10.2. The first kappa shape index (κ1) is 24.3. The Hall–Kier alpha value is -2.01. The molecule has 0 spiro atoms. The van der Waals surface area contributed by atoms with Crippen molar-refractivity contribution in [3.8, 4) is 0 Å². The summed E-state index contributed by atoms with van der Waals surface area (Å²) < 4.78 is 26.8. The Balaban J connectivity index is 2.01. The topological polar surface area (TPSA) is 121 Å². The third kappa shape index (κ3) is 6.76. The molecule has 10 heteroatoms. The number of nitrogens with zero attached hydrogens (tertiary/aromatic N) is 1. The van der Waals surface area contributed by atoms with Gasteiger partial charge < -0.3 is 28.8 Å². The van der Waals surface area contributed by atoms with Crippen molar-refractivity contribution in [1.29, 1.82) is 0 Å². The lowest BCUT2D eigenvalue weighted by Gasteiger charge is -2.44. The Morgan fingerprint density at radius 3 is 2.27 bits per heavy atom. The van der Waals surface area contributed by atoms with Crippen LogP contribution in [0.4, 0.5) is 4.79 Å². The highest BCUT2D eigenvalue weighted by molar-refractivity contribution is 6.02. The highest BCUT2D eigenvalue weighted by atomic mass is 16.7. The Bertz CT molecular complexity index is 593. The molecule has 2 unspecified atom stereocenters. The molecule has 1 heterocycles. The fraction of sp³-hybridized carbons (Fsp3) is 0.750. The number of hydrogen-bond donors (Lipinski definition) is 1. The van der Waals surface area contributed by atoms with Crippen molar-refractivity contribution in [1.82, 2.24) is 4.90 Å². The van der Waals surface area contributed by atoms with Gasteiger partial charge in [-0.25, -0.2) is 9.69 Å². The molecule has 2 atom stereocenters. The zero-order valence-corrected chi connectivity index (χ0v) is 17.4. The quantitative estimate of drug-likeness (QED) is 0.214. The van der Waals surface area contributed by atoms with Crippen molar-refractivity contribution < 1.29 is 43.2 Å². The van der Waals surface area contributed by atoms with Gasteiger partial charge in [0.15, 0.2) is 0 Å². The van der Waals surface area contributed by atoms with Crippen LogP contribution < -0.4 is 0 Å². The molecule has 2 amide bonds. The number of methoxy groups -OCH3 is 1. The monoisotopic (exact) mass is 429 g/mol. The van der Waals surface area contributed by atoms with Crippen LogP contribution in [-0.2, 0) is 33.3 Å². The third-order valence-electron chi connectivity index (χ3n) is 4.98. The number of carbonyl (C=O) groups excluding carboxylic acids is 2. The van der Waals surface area contributed by atoms with Gasteiger partial charge in [0.25, 0.3) is 0 Å². The van der Waals surface area contributed by atoms with E-state index in [-0.39, 0.29) is 32.5 Å². The maximum atomic E-state index is 12.4. The largest absolute Gasteiger partial charge is 0.508 e. The van der Waals surface area contributed by atoms with E-state index in [1.54, 1.807) is 7.11 Å². The molecule has 1 N–H and O–H groups in total. The fourth-order valence-electron chi connectivity index (χ4n) is 3.66. The van der Waals surface area contributed by atoms with Crippen molar-refractivity contribution in [2.45, 2.75) is 50.4 Å². The number of imide groups is 1. The molecule has 1 saturated heterocycles. The number of carboxylic acid groups (broad SMARTS) is 1. The minimum absolute atomic E-state index is 0.0400. The number of ether oxygens (including phenoxy) is 5. The smallest absolute Gasteiger partial charge is 0.450 e. The van der Waals surface area contributed by atoms with E-state index in [0.29, 0.717) is 45.7 Å². The Morgan fingerprint density at radius 1 is 1.03 bits per heavy atom. The summed E-state index contributed by atoms with van der Waals surface area (Å²) in [5.41, 5.74) is -1.68. The van der Waals surface area contributed by atoms with E-state index < -0.39 is 29.8 Å². The summed E-state index contributed by atoms with van der Waals surface area (Å²) in [6.07, 6.45) is 3.23. The van der Waals surface area contributed by atoms with Gasteiger partial charge in [-0.05, 0) is 19.3 Å². The van der Waals surface area contributed by atoms with Gasteiger partial charge in [0.05, 0.1) is 39.6 Å². The first-order valence-corrected chi connectivity index (χ1v) is 10.2. The molecule has 1 aliphatic heterocycles. The zero-order chi connectivity index (χ0) is 21.8. The molecule has 0 aromatic rings. The lowest BCUT2D eigenvalue weighted by atomic mass is 9.92. The molecule has 10 nitrogen and oxygen atoms in total. The SMILES string of the molecule is COCCOCCOCCOC1CC/C=C/CCC1(OC(=O)O)N1C(=O)CCC1=O. The molecule has 30 heavy (non-hydrogen) atoms. The average Bonchev–Trinajstić information content (AvgIpc) is 3.03. The molecule has 1 aliphatic carbocycles. The molecule has 0 aromatic carbocycles. The van der Waals surface area contributed by atoms with Crippen LogP contribution in [0.1, 0.15) is 38.5 Å². The van der Waals surface area contributed by atoms with Crippen molar-refractivity contribution in [3.63, 3.8) is 0 Å². The van der Waals surface area contributed by atoms with Crippen LogP contribution in [0.25, 0.3) is 0 Å². The maximum absolute atomic E-state index is 12.4. The first-order chi connectivity index (χ1) is 14.5. The van der Waals surface area contributed by atoms with Gasteiger partial charge in [0.2, 0.25) is 17.5 Å². The van der Waals surface area contributed by atoms with Crippen LogP contribution >= 0.6 is 0 Å². The Labute approximate surface area is 176 Å². The second-order valence-corrected chi connectivity index (χ2v) is 7.00. The Kier molecular flexibility index (Phi) is 10.2. The summed E-state index contributed by atoms with van der Waals surface area (Å²) in [7, 11) is 1.60. The lowest BCUT2D eigenvalue weighted by molar-refractivity contribution is -0.209. The van der Waals surface area contributed by atoms with Gasteiger partial charge in [0, 0.05) is 26.4 Å². The average molecular weight is 429 g/mol. The van der Waals surface area contributed by atoms with Crippen LogP contribution in [0.2, 0.25) is 0 Å². The molecule has 0 aromatic heterocycles. The molecule has 0 radical (unpaired) electrons. The van der Waals surface area contributed by atoms with E-state index in [9.17, 15) is 19.5 Å². The van der Waals surface area contributed by atoms with Gasteiger partial charge >= 0.3 is 6.16 Å². The second kappa shape index (κ2) is 12.6. The van der Waals surface area contributed by atoms with E-state index in [1.165, 1.54) is 0 Å². The highest BCUT2D eigenvalue weighted by Gasteiger charge is 2.54. The summed E-state index contributed by atoms with van der Waals surface area (Å²) in [5, 5.41) is 9.38. The van der Waals surface area contributed by atoms with Crippen LogP contribution in [0, 0.1) is 0 Å². The molecule has 170 valence electrons. The van der Waals surface area contributed by atoms with E-state index in [0.717, 1.165) is 4.90 Å². The normalized spacial score (nSPS) is 25.8. The van der Waals surface area contributed by atoms with Gasteiger partial charge in [-0.1, -0.05) is 12.2 Å². The molecule has 2 aliphatic rings. The molecule has 0 saturated carbocycles. The predicted octanol–water partition coefficient (Wildman–Crippen LogP) is 1.72. The number of amides is 2. The molecular formula is C20H31NO9. The number of hydrogen-bond acceptors (Lipinski definition) is 8. The number of rotatable bonds is 12. The summed E-state index contributed by atoms with van der Waals surface area (Å²) in [6, 6.07) is 0. The second-order valence-electron chi connectivity index (χ2n) is 7.00. The minimum atomic E-state index is -1.68. The summed E-state index contributed by atoms with van der Waals surface area (Å²) in [6.45, 7) is 2.21. The van der Waals surface area contributed by atoms with E-state index >= 15 is 0 Å². The van der Waals surface area contributed by atoms with Gasteiger partial charge in [0.1, 0.15) is 6.10 Å². The van der Waals surface area contributed by atoms with Crippen LogP contribution in [-0.4, -0.2) is 86.6 Å². The van der Waals surface area contributed by atoms with Crippen LogP contribution in [0.3, 0.4) is 0 Å². The molecule has 2 rings (SSSR count). The van der Waals surface area contributed by atoms with E-state index in [2.05, 4.69) is 0 Å². The maximum Gasteiger partial charge on any atom is 0.508 e. The third-order valence-corrected chi connectivity index (χ3v) is 4.98. The van der Waals surface area contributed by atoms with Gasteiger partial charge in [-0.3, -0.25) is 9.59 Å². The zero-order valence-electron chi connectivity index (χ0n) is 17.4. The number of likely N-dealkylation sites (tertiary alicyclic amines) is 1. The van der Waals surface area contributed by atoms with Gasteiger partial charge in [-0.15, -0.1) is 0 Å². The van der Waals surface area contributed by atoms with Crippen molar-refractivity contribution in [3.05, 3.63) is 12.2 Å². The van der Waals surface area contributed by atoms with Crippen molar-refractivity contribution >= 4 is 18.0 Å². The van der Waals surface area contributed by atoms with E-state index in [1.807, 2.05) is 12.2 Å². The summed E-state index contributed by atoms with van der Waals surface area (Å²) in [5.74, 6) is -0.882. The lowest BCUT2D eigenvalue weighted by Crippen LogP contribution is -2.62. The van der Waals surface area contributed by atoms with Crippen LogP contribution in [0.5, 0.6) is 0 Å². The highest BCUT2D eigenvalue weighted by Crippen LogP contribution is 2.37. The number of carbonyl (C=O) groups is 3. The van der Waals surface area contributed by atoms with Gasteiger partial charge in [-0.2, -0.15) is 0 Å². The van der Waals surface area contributed by atoms with E-state index in [4.69, 9.17) is 23.7 Å². The predicted molar refractivity (Wildman–Crippen MR) is 104 cm³/mol. The summed E-state index contributed by atoms with van der Waals surface area (Å²) >= 11 is 0. The van der Waals surface area contributed by atoms with Crippen molar-refractivity contribution in [2.75, 3.05) is 46.8 Å². The Morgan fingerprint density at radius 2 is 1.63 bits per heavy atom. The summed E-state index contributed by atoms with van der Waals surface area (Å²) in [4.78, 5) is 37.4.